The van der Waals surface area contributed by atoms with Gasteiger partial charge in [0.2, 0.25) is 15.9 Å². The molecule has 0 atom stereocenters. The predicted octanol–water partition coefficient (Wildman–Crippen LogP) is 4.02. The third-order valence-electron chi connectivity index (χ3n) is 6.98. The van der Waals surface area contributed by atoms with E-state index < -0.39 is 10.0 Å². The van der Waals surface area contributed by atoms with Gasteiger partial charge in [0.05, 0.1) is 23.6 Å². The minimum Gasteiger partial charge on any atom is -0.495 e. The Morgan fingerprint density at radius 2 is 1.71 bits per heavy atom. The van der Waals surface area contributed by atoms with Crippen LogP contribution in [-0.4, -0.2) is 74.3 Å². The average Bonchev–Trinajstić information content (AvgIpc) is 2.88. The van der Waals surface area contributed by atoms with Crippen LogP contribution < -0.4 is 4.74 Å². The molecule has 9 heteroatoms. The van der Waals surface area contributed by atoms with Gasteiger partial charge in [-0.3, -0.25) is 9.69 Å². The van der Waals surface area contributed by atoms with Crippen molar-refractivity contribution in [2.24, 2.45) is 0 Å². The van der Waals surface area contributed by atoms with Gasteiger partial charge < -0.3 is 9.64 Å². The number of hydrogen-bond donors (Lipinski definition) is 0. The van der Waals surface area contributed by atoms with Crippen molar-refractivity contribution in [2.45, 2.75) is 49.6 Å². The standard InChI is InChI=1S/C26H34ClN3O4S/c1-34-25-13-12-23(18-24(25)27)35(32,33)30(22-10-6-3-7-11-22)20-26(31)29-16-14-28(15-17-29)19-21-8-4-2-5-9-21/h2,4-5,8-9,12-13,18,22H,3,6-7,10-11,14-17,19-20H2,1H3. The lowest BCUT2D eigenvalue weighted by Crippen LogP contribution is -2.53. The number of carbonyl (C=O) groups is 1. The molecule has 0 aromatic heterocycles. The summed E-state index contributed by atoms with van der Waals surface area (Å²) in [5.74, 6) is 0.275. The molecule has 2 aromatic carbocycles. The quantitative estimate of drug-likeness (QED) is 0.527. The van der Waals surface area contributed by atoms with E-state index in [4.69, 9.17) is 16.3 Å². The van der Waals surface area contributed by atoms with Crippen molar-refractivity contribution in [3.05, 3.63) is 59.1 Å². The molecule has 0 radical (unpaired) electrons. The van der Waals surface area contributed by atoms with E-state index in [1.54, 1.807) is 11.0 Å². The van der Waals surface area contributed by atoms with Crippen molar-refractivity contribution in [1.29, 1.82) is 0 Å². The molecule has 0 bridgehead atoms. The fourth-order valence-electron chi connectivity index (χ4n) is 4.95. The summed E-state index contributed by atoms with van der Waals surface area (Å²) in [5.41, 5.74) is 1.25. The number of rotatable bonds is 8. The Balaban J connectivity index is 1.46. The minimum atomic E-state index is -3.90. The van der Waals surface area contributed by atoms with Crippen LogP contribution in [0.15, 0.2) is 53.4 Å². The molecule has 1 aliphatic heterocycles. The number of piperazine rings is 1. The van der Waals surface area contributed by atoms with Crippen LogP contribution in [0, 0.1) is 0 Å². The van der Waals surface area contributed by atoms with Gasteiger partial charge in [-0.25, -0.2) is 8.42 Å². The first-order chi connectivity index (χ1) is 16.9. The van der Waals surface area contributed by atoms with Crippen molar-refractivity contribution in [1.82, 2.24) is 14.1 Å². The summed E-state index contributed by atoms with van der Waals surface area (Å²) in [6.45, 7) is 3.44. The van der Waals surface area contributed by atoms with E-state index in [0.717, 1.165) is 51.7 Å². The number of ether oxygens (including phenoxy) is 1. The maximum Gasteiger partial charge on any atom is 0.243 e. The van der Waals surface area contributed by atoms with Gasteiger partial charge >= 0.3 is 0 Å². The van der Waals surface area contributed by atoms with Crippen molar-refractivity contribution in [3.63, 3.8) is 0 Å². The monoisotopic (exact) mass is 519 g/mol. The zero-order valence-corrected chi connectivity index (χ0v) is 21.8. The zero-order valence-electron chi connectivity index (χ0n) is 20.2. The van der Waals surface area contributed by atoms with Crippen LogP contribution in [0.2, 0.25) is 5.02 Å². The second-order valence-electron chi connectivity index (χ2n) is 9.28. The third kappa shape index (κ3) is 6.36. The number of amides is 1. The highest BCUT2D eigenvalue weighted by Crippen LogP contribution is 2.32. The summed E-state index contributed by atoms with van der Waals surface area (Å²) < 4.78 is 34.0. The molecule has 1 heterocycles. The first-order valence-electron chi connectivity index (χ1n) is 12.3. The van der Waals surface area contributed by atoms with Crippen molar-refractivity contribution in [2.75, 3.05) is 39.8 Å². The molecule has 1 amide bonds. The Hall–Kier alpha value is -2.13. The van der Waals surface area contributed by atoms with E-state index in [-0.39, 0.29) is 28.4 Å². The Bertz CT molecular complexity index is 1100. The molecule has 7 nitrogen and oxygen atoms in total. The first kappa shape index (κ1) is 25.9. The lowest BCUT2D eigenvalue weighted by molar-refractivity contribution is -0.133. The summed E-state index contributed by atoms with van der Waals surface area (Å²) in [4.78, 5) is 17.5. The van der Waals surface area contributed by atoms with E-state index in [0.29, 0.717) is 18.8 Å². The SMILES string of the molecule is COc1ccc(S(=O)(=O)N(CC(=O)N2CCN(Cc3ccccc3)CC2)C2CCCCC2)cc1Cl. The largest absolute Gasteiger partial charge is 0.495 e. The van der Waals surface area contributed by atoms with Gasteiger partial charge in [0.25, 0.3) is 0 Å². The Morgan fingerprint density at radius 3 is 2.34 bits per heavy atom. The van der Waals surface area contributed by atoms with Gasteiger partial charge in [-0.2, -0.15) is 4.31 Å². The molecule has 1 saturated heterocycles. The lowest BCUT2D eigenvalue weighted by atomic mass is 9.95. The number of hydrogen-bond acceptors (Lipinski definition) is 5. The smallest absolute Gasteiger partial charge is 0.243 e. The van der Waals surface area contributed by atoms with Crippen LogP contribution in [0.4, 0.5) is 0 Å². The molecular weight excluding hydrogens is 486 g/mol. The number of carbonyl (C=O) groups excluding carboxylic acids is 1. The zero-order chi connectivity index (χ0) is 24.8. The Morgan fingerprint density at radius 1 is 1.03 bits per heavy atom. The highest BCUT2D eigenvalue weighted by Gasteiger charge is 2.36. The fourth-order valence-corrected chi connectivity index (χ4v) is 6.94. The van der Waals surface area contributed by atoms with Gasteiger partial charge in [0, 0.05) is 38.8 Å². The van der Waals surface area contributed by atoms with Crippen molar-refractivity contribution in [3.8, 4) is 5.75 Å². The Kier molecular flexibility index (Phi) is 8.70. The third-order valence-corrected chi connectivity index (χ3v) is 9.17. The van der Waals surface area contributed by atoms with Crippen LogP contribution >= 0.6 is 11.6 Å². The topological polar surface area (TPSA) is 70.2 Å². The number of halogens is 1. The maximum atomic E-state index is 13.7. The number of nitrogens with zero attached hydrogens (tertiary/aromatic N) is 3. The molecule has 0 N–H and O–H groups in total. The maximum absolute atomic E-state index is 13.7. The molecular formula is C26H34ClN3O4S. The minimum absolute atomic E-state index is 0.0920. The molecule has 2 aliphatic rings. The second kappa shape index (κ2) is 11.7. The summed E-state index contributed by atoms with van der Waals surface area (Å²) in [6, 6.07) is 14.6. The molecule has 1 aliphatic carbocycles. The van der Waals surface area contributed by atoms with Crippen LogP contribution in [0.5, 0.6) is 5.75 Å². The number of methoxy groups -OCH3 is 1. The van der Waals surface area contributed by atoms with Crippen LogP contribution in [0.25, 0.3) is 0 Å². The van der Waals surface area contributed by atoms with Gasteiger partial charge in [-0.05, 0) is 36.6 Å². The molecule has 0 spiro atoms. The highest BCUT2D eigenvalue weighted by molar-refractivity contribution is 7.89. The summed E-state index contributed by atoms with van der Waals surface area (Å²) in [6.07, 6.45) is 4.55. The van der Waals surface area contributed by atoms with E-state index in [9.17, 15) is 13.2 Å². The normalized spacial score (nSPS) is 18.1. The highest BCUT2D eigenvalue weighted by atomic mass is 35.5. The van der Waals surface area contributed by atoms with Gasteiger partial charge in [0.15, 0.2) is 0 Å². The van der Waals surface area contributed by atoms with Crippen LogP contribution in [-0.2, 0) is 21.4 Å². The molecule has 2 aromatic rings. The second-order valence-corrected chi connectivity index (χ2v) is 11.6. The summed E-state index contributed by atoms with van der Waals surface area (Å²) in [5, 5.41) is 0.234. The van der Waals surface area contributed by atoms with E-state index in [2.05, 4.69) is 17.0 Å². The summed E-state index contributed by atoms with van der Waals surface area (Å²) in [7, 11) is -2.41. The molecule has 190 valence electrons. The average molecular weight is 520 g/mol. The summed E-state index contributed by atoms with van der Waals surface area (Å²) >= 11 is 6.24. The van der Waals surface area contributed by atoms with Crippen LogP contribution in [0.1, 0.15) is 37.7 Å². The predicted molar refractivity (Wildman–Crippen MR) is 137 cm³/mol. The number of sulfonamides is 1. The lowest BCUT2D eigenvalue weighted by Gasteiger charge is -2.37. The fraction of sp³-hybridized carbons (Fsp3) is 0.500. The molecule has 4 rings (SSSR count). The Labute approximate surface area is 213 Å². The first-order valence-corrected chi connectivity index (χ1v) is 14.1. The molecule has 1 saturated carbocycles. The van der Waals surface area contributed by atoms with Gasteiger partial charge in [-0.15, -0.1) is 0 Å². The molecule has 0 unspecified atom stereocenters. The van der Waals surface area contributed by atoms with Gasteiger partial charge in [-0.1, -0.05) is 61.2 Å². The van der Waals surface area contributed by atoms with E-state index in [1.165, 1.54) is 29.1 Å². The van der Waals surface area contributed by atoms with Crippen molar-refractivity contribution < 1.29 is 17.9 Å². The van der Waals surface area contributed by atoms with E-state index in [1.807, 2.05) is 18.2 Å². The van der Waals surface area contributed by atoms with Crippen LogP contribution in [0.3, 0.4) is 0 Å². The van der Waals surface area contributed by atoms with Crippen molar-refractivity contribution >= 4 is 27.5 Å². The van der Waals surface area contributed by atoms with Gasteiger partial charge in [0.1, 0.15) is 5.75 Å². The van der Waals surface area contributed by atoms with E-state index >= 15 is 0 Å². The molecule has 35 heavy (non-hydrogen) atoms. The molecule has 2 fully saturated rings. The number of benzene rings is 2.